The van der Waals surface area contributed by atoms with Crippen molar-refractivity contribution in [3.05, 3.63) is 36.5 Å². The Bertz CT molecular complexity index is 1040. The highest BCUT2D eigenvalue weighted by Gasteiger charge is 2.18. The zero-order chi connectivity index (χ0) is 41.2. The molecule has 0 aliphatic rings. The van der Waals surface area contributed by atoms with Crippen LogP contribution in [0.15, 0.2) is 36.5 Å². The van der Waals surface area contributed by atoms with Crippen LogP contribution < -0.4 is 10.6 Å². The number of nitrogens with one attached hydrogen (secondary N) is 2. The van der Waals surface area contributed by atoms with Crippen LogP contribution in [0.1, 0.15) is 213 Å². The fraction of sp³-hybridized carbons (Fsp3) is 0.787. The maximum absolute atomic E-state index is 12.7. The Morgan fingerprint density at radius 1 is 0.554 bits per heavy atom. The van der Waals surface area contributed by atoms with E-state index in [0.29, 0.717) is 19.3 Å². The normalized spacial score (nSPS) is 12.8. The Morgan fingerprint density at radius 3 is 1.57 bits per heavy atom. The van der Waals surface area contributed by atoms with Gasteiger partial charge in [-0.3, -0.25) is 14.4 Å². The van der Waals surface area contributed by atoms with E-state index >= 15 is 0 Å². The smallest absolute Gasteiger partial charge is 0.328 e. The maximum Gasteiger partial charge on any atom is 0.328 e. The van der Waals surface area contributed by atoms with E-state index in [1.165, 1.54) is 116 Å². The second kappa shape index (κ2) is 41.7. The lowest BCUT2D eigenvalue weighted by molar-refractivity contribution is -0.147. The summed E-state index contributed by atoms with van der Waals surface area (Å²) in [6.07, 6.45) is 47.7. The van der Waals surface area contributed by atoms with Crippen LogP contribution in [0.2, 0.25) is 0 Å². The summed E-state index contributed by atoms with van der Waals surface area (Å²) in [5.41, 5.74) is 0. The van der Waals surface area contributed by atoms with Gasteiger partial charge in [-0.05, 0) is 76.7 Å². The molecular formula is C47H84N2O7. The summed E-state index contributed by atoms with van der Waals surface area (Å²) < 4.78 is 5.93. The fourth-order valence-electron chi connectivity index (χ4n) is 6.54. The molecule has 0 saturated heterocycles. The van der Waals surface area contributed by atoms with Crippen molar-refractivity contribution in [1.29, 1.82) is 0 Å². The summed E-state index contributed by atoms with van der Waals surface area (Å²) in [4.78, 5) is 47.4. The molecule has 2 atom stereocenters. The molecule has 0 aliphatic carbocycles. The molecule has 9 heteroatoms. The highest BCUT2D eigenvalue weighted by atomic mass is 16.5. The molecule has 4 N–H and O–H groups in total. The van der Waals surface area contributed by atoms with Crippen LogP contribution in [0.5, 0.6) is 0 Å². The molecular weight excluding hydrogens is 705 g/mol. The van der Waals surface area contributed by atoms with Gasteiger partial charge in [0, 0.05) is 12.8 Å². The van der Waals surface area contributed by atoms with E-state index in [4.69, 9.17) is 14.9 Å². The number of carboxylic acid groups (broad SMARTS) is 1. The molecule has 0 spiro atoms. The molecule has 0 heterocycles. The number of aliphatic hydroxyl groups is 1. The van der Waals surface area contributed by atoms with Gasteiger partial charge < -0.3 is 25.6 Å². The summed E-state index contributed by atoms with van der Waals surface area (Å²) in [7, 11) is 0. The number of aliphatic carboxylic acids is 1. The maximum atomic E-state index is 12.7. The van der Waals surface area contributed by atoms with Crippen LogP contribution in [-0.2, 0) is 23.9 Å². The molecule has 9 nitrogen and oxygen atoms in total. The number of allylic oxidation sites excluding steroid dienone is 5. The van der Waals surface area contributed by atoms with Gasteiger partial charge in [0.1, 0.15) is 12.1 Å². The Hall–Kier alpha value is -2.94. The predicted molar refractivity (Wildman–Crippen MR) is 231 cm³/mol. The SMILES string of the molecule is CCCCC/C=C\C/C=C\C(CCCCCCCCC(=O)NCC(=O)NC(CO)C(=O)O)OC(=O)CCCCCCCCCCC/C=C\CCCCCCCC. The van der Waals surface area contributed by atoms with E-state index in [1.54, 1.807) is 0 Å². The zero-order valence-electron chi connectivity index (χ0n) is 35.9. The van der Waals surface area contributed by atoms with Crippen LogP contribution in [0.4, 0.5) is 0 Å². The van der Waals surface area contributed by atoms with E-state index in [1.807, 2.05) is 0 Å². The first-order chi connectivity index (χ1) is 27.3. The average molecular weight is 789 g/mol. The molecule has 0 bridgehead atoms. The van der Waals surface area contributed by atoms with Gasteiger partial charge in [-0.2, -0.15) is 0 Å². The van der Waals surface area contributed by atoms with Gasteiger partial charge in [0.25, 0.3) is 0 Å². The summed E-state index contributed by atoms with van der Waals surface area (Å²) in [6.45, 7) is 3.45. The van der Waals surface area contributed by atoms with E-state index in [-0.39, 0.29) is 24.5 Å². The molecule has 0 fully saturated rings. The summed E-state index contributed by atoms with van der Waals surface area (Å²) in [6, 6.07) is -1.38. The minimum absolute atomic E-state index is 0.0957. The number of esters is 1. The van der Waals surface area contributed by atoms with Crippen molar-refractivity contribution in [1.82, 2.24) is 10.6 Å². The summed E-state index contributed by atoms with van der Waals surface area (Å²) in [5.74, 6) is -2.35. The van der Waals surface area contributed by atoms with Gasteiger partial charge in [0.2, 0.25) is 11.8 Å². The largest absolute Gasteiger partial charge is 0.480 e. The molecule has 0 aromatic carbocycles. The van der Waals surface area contributed by atoms with Gasteiger partial charge in [-0.25, -0.2) is 4.79 Å². The Morgan fingerprint density at radius 2 is 1.02 bits per heavy atom. The van der Waals surface area contributed by atoms with E-state index < -0.39 is 24.5 Å². The number of carboxylic acids is 1. The number of carbonyl (C=O) groups excluding carboxylic acids is 3. The third-order valence-electron chi connectivity index (χ3n) is 10.1. The number of hydrogen-bond acceptors (Lipinski definition) is 6. The molecule has 0 aromatic rings. The van der Waals surface area contributed by atoms with Crippen molar-refractivity contribution in [3.63, 3.8) is 0 Å². The van der Waals surface area contributed by atoms with Gasteiger partial charge in [-0.1, -0.05) is 160 Å². The van der Waals surface area contributed by atoms with Crippen molar-refractivity contribution in [2.45, 2.75) is 225 Å². The number of ether oxygens (including phenoxy) is 1. The standard InChI is InChI=1S/C47H84N2O7/c1-3-5-7-9-11-13-14-15-16-17-18-19-20-21-22-23-25-31-35-39-46(53)56-42(36-32-28-24-12-10-8-6-4-2)37-33-29-26-27-30-34-38-44(51)48-40-45(52)49-43(41-50)47(54)55/h12,15-16,24,32,36,42-43,50H,3-11,13-14,17-23,25-31,33-35,37-41H2,1-2H3,(H,48,51)(H,49,52)(H,54,55)/b16-15-,24-12-,36-32-. The first-order valence-corrected chi connectivity index (χ1v) is 22.9. The van der Waals surface area contributed by atoms with Gasteiger partial charge >= 0.3 is 11.9 Å². The van der Waals surface area contributed by atoms with Crippen molar-refractivity contribution < 1.29 is 34.1 Å². The third-order valence-corrected chi connectivity index (χ3v) is 10.1. The Kier molecular flexibility index (Phi) is 39.5. The zero-order valence-corrected chi connectivity index (χ0v) is 35.9. The topological polar surface area (TPSA) is 142 Å². The van der Waals surface area contributed by atoms with E-state index in [9.17, 15) is 19.2 Å². The lowest BCUT2D eigenvalue weighted by Crippen LogP contribution is -2.47. The lowest BCUT2D eigenvalue weighted by Gasteiger charge is -2.15. The Labute approximate surface area is 342 Å². The minimum Gasteiger partial charge on any atom is -0.480 e. The monoisotopic (exact) mass is 789 g/mol. The molecule has 0 aromatic heterocycles. The van der Waals surface area contributed by atoms with Crippen molar-refractivity contribution >= 4 is 23.8 Å². The number of hydrogen-bond donors (Lipinski definition) is 4. The van der Waals surface area contributed by atoms with Gasteiger partial charge in [-0.15, -0.1) is 0 Å². The molecule has 56 heavy (non-hydrogen) atoms. The highest BCUT2D eigenvalue weighted by Crippen LogP contribution is 2.16. The number of unbranched alkanes of at least 4 members (excludes halogenated alkanes) is 23. The minimum atomic E-state index is -1.38. The number of rotatable bonds is 41. The quantitative estimate of drug-likeness (QED) is 0.0274. The van der Waals surface area contributed by atoms with Crippen LogP contribution in [0, 0.1) is 0 Å². The lowest BCUT2D eigenvalue weighted by atomic mass is 10.0. The van der Waals surface area contributed by atoms with Gasteiger partial charge in [0.15, 0.2) is 0 Å². The molecule has 2 unspecified atom stereocenters. The second-order valence-electron chi connectivity index (χ2n) is 15.5. The van der Waals surface area contributed by atoms with E-state index in [0.717, 1.165) is 64.2 Å². The fourth-order valence-corrected chi connectivity index (χ4v) is 6.54. The molecule has 0 saturated carbocycles. The molecule has 0 aliphatic heterocycles. The molecule has 324 valence electrons. The number of carbonyl (C=O) groups is 4. The second-order valence-corrected chi connectivity index (χ2v) is 15.5. The number of aliphatic hydroxyl groups excluding tert-OH is 1. The Balaban J connectivity index is 4.18. The molecule has 0 radical (unpaired) electrons. The summed E-state index contributed by atoms with van der Waals surface area (Å²) in [5, 5.41) is 22.5. The number of amides is 2. The molecule has 0 rings (SSSR count). The van der Waals surface area contributed by atoms with Crippen LogP contribution in [-0.4, -0.2) is 59.3 Å². The predicted octanol–water partition coefficient (Wildman–Crippen LogP) is 11.4. The van der Waals surface area contributed by atoms with Gasteiger partial charge in [0.05, 0.1) is 13.2 Å². The highest BCUT2D eigenvalue weighted by molar-refractivity contribution is 5.87. The van der Waals surface area contributed by atoms with Crippen LogP contribution >= 0.6 is 0 Å². The van der Waals surface area contributed by atoms with Crippen molar-refractivity contribution in [3.8, 4) is 0 Å². The third kappa shape index (κ3) is 38.0. The summed E-state index contributed by atoms with van der Waals surface area (Å²) >= 11 is 0. The first-order valence-electron chi connectivity index (χ1n) is 22.9. The average Bonchev–Trinajstić information content (AvgIpc) is 3.18. The van der Waals surface area contributed by atoms with Crippen molar-refractivity contribution in [2.24, 2.45) is 0 Å². The van der Waals surface area contributed by atoms with E-state index in [2.05, 4.69) is 60.9 Å². The van der Waals surface area contributed by atoms with Crippen LogP contribution in [0.3, 0.4) is 0 Å². The van der Waals surface area contributed by atoms with Crippen LogP contribution in [0.25, 0.3) is 0 Å². The first kappa shape index (κ1) is 53.1. The molecule has 2 amide bonds. The van der Waals surface area contributed by atoms with Crippen molar-refractivity contribution in [2.75, 3.05) is 13.2 Å².